The molecule has 2 aromatic heterocycles. The van der Waals surface area contributed by atoms with Gasteiger partial charge in [-0.25, -0.2) is 9.97 Å². The van der Waals surface area contributed by atoms with Gasteiger partial charge in [0, 0.05) is 12.2 Å². The number of aromatic nitrogens is 2. The van der Waals surface area contributed by atoms with Gasteiger partial charge in [-0.2, -0.15) is 13.2 Å². The fourth-order valence-electron chi connectivity index (χ4n) is 2.56. The van der Waals surface area contributed by atoms with Crippen LogP contribution in [0.2, 0.25) is 0 Å². The minimum absolute atomic E-state index is 0.0435. The molecule has 0 bridgehead atoms. The molecule has 0 fully saturated rings. The molecule has 0 radical (unpaired) electrons. The predicted molar refractivity (Wildman–Crippen MR) is 103 cm³/mol. The van der Waals surface area contributed by atoms with E-state index in [1.54, 1.807) is 6.07 Å². The van der Waals surface area contributed by atoms with Crippen LogP contribution in [0.25, 0.3) is 11.5 Å². The van der Waals surface area contributed by atoms with Gasteiger partial charge in [0.25, 0.3) is 0 Å². The second-order valence-corrected chi connectivity index (χ2v) is 7.26. The summed E-state index contributed by atoms with van der Waals surface area (Å²) in [4.78, 5) is 19.8. The lowest BCUT2D eigenvalue weighted by molar-refractivity contribution is -0.141. The van der Waals surface area contributed by atoms with Gasteiger partial charge in [0.2, 0.25) is 5.91 Å². The molecule has 29 heavy (non-hydrogen) atoms. The molecule has 152 valence electrons. The quantitative estimate of drug-likeness (QED) is 0.424. The highest BCUT2D eigenvalue weighted by atomic mass is 32.2. The number of nitrogens with zero attached hydrogens (tertiary/aromatic N) is 2. The first-order valence-electron chi connectivity index (χ1n) is 8.80. The summed E-state index contributed by atoms with van der Waals surface area (Å²) in [7, 11) is 0. The Hall–Kier alpha value is -2.81. The predicted octanol–water partition coefficient (Wildman–Crippen LogP) is 5.12. The van der Waals surface area contributed by atoms with Gasteiger partial charge in [-0.05, 0) is 30.7 Å². The smallest absolute Gasteiger partial charge is 0.433 e. The van der Waals surface area contributed by atoms with Crippen LogP contribution in [0, 0.1) is 0 Å². The average molecular weight is 421 g/mol. The molecule has 0 saturated carbocycles. The van der Waals surface area contributed by atoms with Gasteiger partial charge in [0.15, 0.2) is 10.9 Å². The van der Waals surface area contributed by atoms with Gasteiger partial charge in [0.05, 0.1) is 12.3 Å². The van der Waals surface area contributed by atoms with Crippen molar-refractivity contribution in [3.8, 4) is 11.5 Å². The van der Waals surface area contributed by atoms with Gasteiger partial charge >= 0.3 is 6.18 Å². The molecule has 3 aromatic rings. The molecule has 0 aliphatic heterocycles. The molecule has 0 aliphatic rings. The standard InChI is InChI=1S/C20H18F3N3O2S/c1-13(14-6-3-2-4-7-14)24-18(27)9-11-29-19-25-15(16-8-5-10-28-16)12-17(26-19)20(21,22)23/h2-8,10,12-13H,9,11H2,1H3,(H,24,27)/t13-/m1/s1. The first kappa shape index (κ1) is 20.9. The molecule has 1 atom stereocenters. The Balaban J connectivity index is 1.62. The Labute approximate surface area is 169 Å². The maximum atomic E-state index is 13.2. The van der Waals surface area contributed by atoms with E-state index >= 15 is 0 Å². The number of alkyl halides is 3. The number of rotatable bonds is 7. The van der Waals surface area contributed by atoms with E-state index in [1.807, 2.05) is 37.3 Å². The largest absolute Gasteiger partial charge is 0.463 e. The van der Waals surface area contributed by atoms with E-state index in [-0.39, 0.29) is 40.7 Å². The van der Waals surface area contributed by atoms with Crippen molar-refractivity contribution >= 4 is 17.7 Å². The van der Waals surface area contributed by atoms with Crippen LogP contribution in [-0.2, 0) is 11.0 Å². The summed E-state index contributed by atoms with van der Waals surface area (Å²) in [6.07, 6.45) is -3.13. The number of halogens is 3. The summed E-state index contributed by atoms with van der Waals surface area (Å²) in [5.41, 5.74) is -0.0386. The second-order valence-electron chi connectivity index (χ2n) is 6.19. The average Bonchev–Trinajstić information content (AvgIpc) is 3.22. The minimum Gasteiger partial charge on any atom is -0.463 e. The molecule has 0 unspecified atom stereocenters. The third-order valence-corrected chi connectivity index (χ3v) is 4.86. The lowest BCUT2D eigenvalue weighted by atomic mass is 10.1. The summed E-state index contributed by atoms with van der Waals surface area (Å²) in [6.45, 7) is 1.87. The molecular weight excluding hydrogens is 403 g/mol. The van der Waals surface area contributed by atoms with Crippen LogP contribution in [0.1, 0.15) is 30.6 Å². The van der Waals surface area contributed by atoms with Crippen molar-refractivity contribution in [2.45, 2.75) is 30.7 Å². The van der Waals surface area contributed by atoms with Crippen molar-refractivity contribution in [1.29, 1.82) is 0 Å². The zero-order valence-corrected chi connectivity index (χ0v) is 16.3. The number of hydrogen-bond acceptors (Lipinski definition) is 5. The first-order chi connectivity index (χ1) is 13.8. The number of carbonyl (C=O) groups excluding carboxylic acids is 1. The number of thioether (sulfide) groups is 1. The molecule has 0 spiro atoms. The normalized spacial score (nSPS) is 12.6. The molecule has 1 aromatic carbocycles. The molecule has 0 aliphatic carbocycles. The zero-order valence-electron chi connectivity index (χ0n) is 15.4. The van der Waals surface area contributed by atoms with Crippen LogP contribution in [0.15, 0.2) is 64.4 Å². The van der Waals surface area contributed by atoms with Gasteiger partial charge in [-0.1, -0.05) is 42.1 Å². The summed E-state index contributed by atoms with van der Waals surface area (Å²) in [5.74, 6) is 0.257. The fraction of sp³-hybridized carbons (Fsp3) is 0.250. The second kappa shape index (κ2) is 9.13. The first-order valence-corrected chi connectivity index (χ1v) is 9.79. The van der Waals surface area contributed by atoms with E-state index in [0.29, 0.717) is 0 Å². The number of hydrogen-bond donors (Lipinski definition) is 1. The number of carbonyl (C=O) groups is 1. The van der Waals surface area contributed by atoms with Crippen molar-refractivity contribution in [2.75, 3.05) is 5.75 Å². The number of amides is 1. The van der Waals surface area contributed by atoms with Crippen LogP contribution in [0.5, 0.6) is 0 Å². The Morgan fingerprint density at radius 3 is 2.59 bits per heavy atom. The van der Waals surface area contributed by atoms with E-state index < -0.39 is 11.9 Å². The SMILES string of the molecule is C[C@@H](NC(=O)CCSc1nc(-c2ccco2)cc(C(F)(F)F)n1)c1ccccc1. The molecule has 9 heteroatoms. The molecule has 1 N–H and O–H groups in total. The zero-order chi connectivity index (χ0) is 20.9. The van der Waals surface area contributed by atoms with E-state index in [4.69, 9.17) is 4.42 Å². The van der Waals surface area contributed by atoms with E-state index in [1.165, 1.54) is 12.3 Å². The lowest BCUT2D eigenvalue weighted by Crippen LogP contribution is -2.26. The van der Waals surface area contributed by atoms with Crippen LogP contribution in [0.4, 0.5) is 13.2 Å². The summed E-state index contributed by atoms with van der Waals surface area (Å²) in [5, 5.41) is 2.80. The molecule has 1 amide bonds. The van der Waals surface area contributed by atoms with Crippen LogP contribution < -0.4 is 5.32 Å². The molecular formula is C20H18F3N3O2S. The molecule has 3 rings (SSSR count). The topological polar surface area (TPSA) is 68.0 Å². The minimum atomic E-state index is -4.61. The van der Waals surface area contributed by atoms with Crippen molar-refractivity contribution in [3.63, 3.8) is 0 Å². The lowest BCUT2D eigenvalue weighted by Gasteiger charge is -2.14. The van der Waals surface area contributed by atoms with Crippen LogP contribution in [-0.4, -0.2) is 21.6 Å². The third-order valence-electron chi connectivity index (χ3n) is 4.01. The Bertz CT molecular complexity index is 947. The Morgan fingerprint density at radius 2 is 1.93 bits per heavy atom. The third kappa shape index (κ3) is 5.83. The van der Waals surface area contributed by atoms with E-state index in [0.717, 1.165) is 23.4 Å². The number of benzene rings is 1. The van der Waals surface area contributed by atoms with Crippen LogP contribution >= 0.6 is 11.8 Å². The highest BCUT2D eigenvalue weighted by Gasteiger charge is 2.34. The molecule has 0 saturated heterocycles. The van der Waals surface area contributed by atoms with Gasteiger partial charge in [-0.15, -0.1) is 0 Å². The highest BCUT2D eigenvalue weighted by molar-refractivity contribution is 7.99. The van der Waals surface area contributed by atoms with Gasteiger partial charge in [-0.3, -0.25) is 4.79 Å². The maximum Gasteiger partial charge on any atom is 0.433 e. The fourth-order valence-corrected chi connectivity index (χ4v) is 3.35. The maximum absolute atomic E-state index is 13.2. The van der Waals surface area contributed by atoms with E-state index in [2.05, 4.69) is 15.3 Å². The van der Waals surface area contributed by atoms with Gasteiger partial charge < -0.3 is 9.73 Å². The van der Waals surface area contributed by atoms with Crippen molar-refractivity contribution in [3.05, 3.63) is 66.1 Å². The Kier molecular flexibility index (Phi) is 6.58. The van der Waals surface area contributed by atoms with Gasteiger partial charge in [0.1, 0.15) is 11.4 Å². The van der Waals surface area contributed by atoms with Crippen molar-refractivity contribution in [1.82, 2.24) is 15.3 Å². The monoisotopic (exact) mass is 421 g/mol. The summed E-state index contributed by atoms with van der Waals surface area (Å²) >= 11 is 0.989. The van der Waals surface area contributed by atoms with E-state index in [9.17, 15) is 18.0 Å². The molecule has 2 heterocycles. The summed E-state index contributed by atoms with van der Waals surface area (Å²) in [6, 6.07) is 13.2. The number of nitrogens with one attached hydrogen (secondary N) is 1. The highest BCUT2D eigenvalue weighted by Crippen LogP contribution is 2.32. The van der Waals surface area contributed by atoms with Crippen molar-refractivity contribution < 1.29 is 22.4 Å². The number of furan rings is 1. The Morgan fingerprint density at radius 1 is 1.17 bits per heavy atom. The van der Waals surface area contributed by atoms with Crippen LogP contribution in [0.3, 0.4) is 0 Å². The molecule has 5 nitrogen and oxygen atoms in total. The summed E-state index contributed by atoms with van der Waals surface area (Å²) < 4.78 is 44.6. The van der Waals surface area contributed by atoms with Crippen molar-refractivity contribution in [2.24, 2.45) is 0 Å².